The number of carbonyl (C=O) groups is 2. The summed E-state index contributed by atoms with van der Waals surface area (Å²) >= 11 is 0. The van der Waals surface area contributed by atoms with Gasteiger partial charge in [0.2, 0.25) is 5.91 Å². The fourth-order valence-electron chi connectivity index (χ4n) is 4.55. The predicted molar refractivity (Wildman–Crippen MR) is 109 cm³/mol. The van der Waals surface area contributed by atoms with Crippen molar-refractivity contribution in [1.29, 1.82) is 0 Å². The van der Waals surface area contributed by atoms with Crippen LogP contribution in [0.1, 0.15) is 63.2 Å². The van der Waals surface area contributed by atoms with Crippen LogP contribution in [0.5, 0.6) is 0 Å². The predicted octanol–water partition coefficient (Wildman–Crippen LogP) is 2.84. The molecular formula is C22H32N4O2. The molecule has 2 saturated heterocycles. The van der Waals surface area contributed by atoms with Gasteiger partial charge in [-0.15, -0.1) is 0 Å². The minimum absolute atomic E-state index is 0.0230. The molecule has 6 heteroatoms. The van der Waals surface area contributed by atoms with E-state index >= 15 is 0 Å². The highest BCUT2D eigenvalue weighted by Crippen LogP contribution is 2.42. The van der Waals surface area contributed by atoms with Crippen LogP contribution >= 0.6 is 0 Å². The number of nitrogens with zero attached hydrogens (tertiary/aromatic N) is 3. The summed E-state index contributed by atoms with van der Waals surface area (Å²) in [5.74, 6) is 1.09. The summed E-state index contributed by atoms with van der Waals surface area (Å²) in [4.78, 5) is 34.4. The Kier molecular flexibility index (Phi) is 4.84. The van der Waals surface area contributed by atoms with Crippen molar-refractivity contribution in [1.82, 2.24) is 15.2 Å². The second-order valence-electron chi connectivity index (χ2n) is 9.99. The normalized spacial score (nSPS) is 25.5. The molecule has 28 heavy (non-hydrogen) atoms. The van der Waals surface area contributed by atoms with Crippen molar-refractivity contribution in [2.24, 2.45) is 10.8 Å². The Bertz CT molecular complexity index is 768. The van der Waals surface area contributed by atoms with Crippen LogP contribution in [-0.2, 0) is 4.79 Å². The van der Waals surface area contributed by atoms with Gasteiger partial charge in [0.15, 0.2) is 0 Å². The van der Waals surface area contributed by atoms with Crippen LogP contribution in [0.25, 0.3) is 0 Å². The van der Waals surface area contributed by atoms with E-state index in [0.717, 1.165) is 57.6 Å². The van der Waals surface area contributed by atoms with E-state index in [9.17, 15) is 9.59 Å². The molecule has 152 valence electrons. The zero-order valence-electron chi connectivity index (χ0n) is 17.3. The summed E-state index contributed by atoms with van der Waals surface area (Å²) in [6.45, 7) is 9.75. The third-order valence-electron chi connectivity index (χ3n) is 6.09. The molecule has 0 radical (unpaired) electrons. The van der Waals surface area contributed by atoms with Crippen LogP contribution in [0.2, 0.25) is 0 Å². The lowest BCUT2D eigenvalue weighted by molar-refractivity contribution is -0.146. The highest BCUT2D eigenvalue weighted by molar-refractivity contribution is 5.95. The lowest BCUT2D eigenvalue weighted by atomic mass is 9.77. The third kappa shape index (κ3) is 4.01. The number of pyridine rings is 1. The molecule has 1 saturated carbocycles. The molecule has 3 aliphatic rings. The molecule has 4 rings (SSSR count). The van der Waals surface area contributed by atoms with Crippen molar-refractivity contribution >= 4 is 17.6 Å². The smallest absolute Gasteiger partial charge is 0.251 e. The van der Waals surface area contributed by atoms with Crippen LogP contribution in [0.4, 0.5) is 5.82 Å². The first-order valence-electron chi connectivity index (χ1n) is 10.6. The summed E-state index contributed by atoms with van der Waals surface area (Å²) in [5.41, 5.74) is 0.469. The van der Waals surface area contributed by atoms with Gasteiger partial charge in [0.1, 0.15) is 5.82 Å². The number of likely N-dealkylation sites (tertiary alicyclic amines) is 1. The van der Waals surface area contributed by atoms with E-state index < -0.39 is 0 Å². The van der Waals surface area contributed by atoms with E-state index in [2.05, 4.69) is 40.9 Å². The third-order valence-corrected chi connectivity index (χ3v) is 6.09. The average Bonchev–Trinajstić information content (AvgIpc) is 3.35. The van der Waals surface area contributed by atoms with E-state index in [1.807, 2.05) is 6.07 Å². The summed E-state index contributed by atoms with van der Waals surface area (Å²) < 4.78 is 0. The Morgan fingerprint density at radius 1 is 1.29 bits per heavy atom. The number of anilines is 1. The maximum absolute atomic E-state index is 13.3. The standard InChI is InChI=1S/C22H32N4O2/c1-21(2,3)14-26-11-4-8-22(20(26)28)9-12-25(15-22)18-13-16(7-10-23-18)19(27)24-17-5-6-17/h7,10,13,17H,4-6,8-9,11-12,14-15H2,1-3H3,(H,24,27). The summed E-state index contributed by atoms with van der Waals surface area (Å²) in [7, 11) is 0. The van der Waals surface area contributed by atoms with Gasteiger partial charge in [-0.05, 0) is 49.7 Å². The van der Waals surface area contributed by atoms with E-state index in [1.165, 1.54) is 0 Å². The van der Waals surface area contributed by atoms with Gasteiger partial charge < -0.3 is 15.1 Å². The highest BCUT2D eigenvalue weighted by atomic mass is 16.2. The van der Waals surface area contributed by atoms with Gasteiger partial charge in [0, 0.05) is 44.0 Å². The maximum Gasteiger partial charge on any atom is 0.251 e. The van der Waals surface area contributed by atoms with Crippen molar-refractivity contribution in [3.05, 3.63) is 23.9 Å². The Labute approximate surface area is 167 Å². The number of rotatable bonds is 4. The number of hydrogen-bond acceptors (Lipinski definition) is 4. The van der Waals surface area contributed by atoms with Crippen LogP contribution in [-0.4, -0.2) is 53.9 Å². The molecule has 1 aromatic rings. The Morgan fingerprint density at radius 3 is 2.79 bits per heavy atom. The first-order valence-corrected chi connectivity index (χ1v) is 10.6. The van der Waals surface area contributed by atoms with E-state index in [1.54, 1.807) is 12.3 Å². The topological polar surface area (TPSA) is 65.5 Å². The second-order valence-corrected chi connectivity index (χ2v) is 9.99. The zero-order chi connectivity index (χ0) is 19.9. The Morgan fingerprint density at radius 2 is 2.07 bits per heavy atom. The summed E-state index contributed by atoms with van der Waals surface area (Å²) in [6, 6.07) is 3.98. The molecule has 3 fully saturated rings. The van der Waals surface area contributed by atoms with Crippen LogP contribution in [0.3, 0.4) is 0 Å². The minimum Gasteiger partial charge on any atom is -0.355 e. The fourth-order valence-corrected chi connectivity index (χ4v) is 4.55. The molecule has 2 aliphatic heterocycles. The monoisotopic (exact) mass is 384 g/mol. The molecule has 1 atom stereocenters. The van der Waals surface area contributed by atoms with E-state index in [0.29, 0.717) is 24.1 Å². The second kappa shape index (κ2) is 7.05. The molecule has 0 bridgehead atoms. The van der Waals surface area contributed by atoms with E-state index in [4.69, 9.17) is 0 Å². The van der Waals surface area contributed by atoms with Crippen molar-refractivity contribution < 1.29 is 9.59 Å². The fraction of sp³-hybridized carbons (Fsp3) is 0.682. The number of amides is 2. The van der Waals surface area contributed by atoms with Gasteiger partial charge in [-0.25, -0.2) is 4.98 Å². The molecule has 1 N–H and O–H groups in total. The number of carbonyl (C=O) groups excluding carboxylic acids is 2. The molecule has 6 nitrogen and oxygen atoms in total. The van der Waals surface area contributed by atoms with Gasteiger partial charge in [0.05, 0.1) is 5.41 Å². The average molecular weight is 385 g/mol. The molecule has 1 spiro atoms. The minimum atomic E-state index is -0.294. The van der Waals surface area contributed by atoms with Crippen molar-refractivity contribution in [2.75, 3.05) is 31.1 Å². The lowest BCUT2D eigenvalue weighted by Gasteiger charge is -2.41. The van der Waals surface area contributed by atoms with Gasteiger partial charge in [0.25, 0.3) is 5.91 Å². The lowest BCUT2D eigenvalue weighted by Crippen LogP contribution is -2.52. The molecule has 1 aromatic heterocycles. The highest BCUT2D eigenvalue weighted by Gasteiger charge is 2.49. The molecule has 0 aromatic carbocycles. The van der Waals surface area contributed by atoms with Crippen LogP contribution < -0.4 is 10.2 Å². The van der Waals surface area contributed by atoms with Gasteiger partial charge in [-0.2, -0.15) is 0 Å². The Balaban J connectivity index is 1.47. The van der Waals surface area contributed by atoms with Crippen molar-refractivity contribution in [2.45, 2.75) is 58.9 Å². The van der Waals surface area contributed by atoms with Crippen molar-refractivity contribution in [3.8, 4) is 0 Å². The number of hydrogen-bond donors (Lipinski definition) is 1. The van der Waals surface area contributed by atoms with Gasteiger partial charge in [-0.3, -0.25) is 9.59 Å². The first-order chi connectivity index (χ1) is 13.3. The number of nitrogens with one attached hydrogen (secondary N) is 1. The first kappa shape index (κ1) is 19.2. The Hall–Kier alpha value is -2.11. The molecule has 3 heterocycles. The van der Waals surface area contributed by atoms with Crippen molar-refractivity contribution in [3.63, 3.8) is 0 Å². The molecule has 1 unspecified atom stereocenters. The van der Waals surface area contributed by atoms with Crippen LogP contribution in [0, 0.1) is 10.8 Å². The summed E-state index contributed by atoms with van der Waals surface area (Å²) in [5, 5.41) is 3.03. The number of aromatic nitrogens is 1. The van der Waals surface area contributed by atoms with Gasteiger partial charge >= 0.3 is 0 Å². The SMILES string of the molecule is CC(C)(C)CN1CCCC2(CCN(c3cc(C(=O)NC4CC4)ccn3)C2)C1=O. The molecule has 2 amide bonds. The maximum atomic E-state index is 13.3. The zero-order valence-corrected chi connectivity index (χ0v) is 17.3. The van der Waals surface area contributed by atoms with Crippen LogP contribution in [0.15, 0.2) is 18.3 Å². The largest absolute Gasteiger partial charge is 0.355 e. The molecular weight excluding hydrogens is 352 g/mol. The quantitative estimate of drug-likeness (QED) is 0.867. The number of piperidine rings is 1. The molecule has 1 aliphatic carbocycles. The van der Waals surface area contributed by atoms with Gasteiger partial charge in [-0.1, -0.05) is 20.8 Å². The van der Waals surface area contributed by atoms with E-state index in [-0.39, 0.29) is 16.7 Å². The summed E-state index contributed by atoms with van der Waals surface area (Å²) in [6.07, 6.45) is 6.73.